The molecular formula is C17H20F3N3O5. The Labute approximate surface area is 158 Å². The molecule has 11 heteroatoms. The van der Waals surface area contributed by atoms with Crippen LogP contribution in [0.1, 0.15) is 12.5 Å². The van der Waals surface area contributed by atoms with E-state index in [1.807, 2.05) is 0 Å². The third kappa shape index (κ3) is 4.65. The van der Waals surface area contributed by atoms with E-state index in [0.717, 1.165) is 12.1 Å². The van der Waals surface area contributed by atoms with Crippen LogP contribution in [-0.4, -0.2) is 56.2 Å². The zero-order chi connectivity index (χ0) is 20.3. The summed E-state index contributed by atoms with van der Waals surface area (Å²) in [4.78, 5) is 23.7. The number of alkyl halides is 3. The van der Waals surface area contributed by atoms with Crippen LogP contribution in [0.4, 0.5) is 28.4 Å². The number of amides is 3. The molecule has 28 heavy (non-hydrogen) atoms. The van der Waals surface area contributed by atoms with Gasteiger partial charge in [-0.05, 0) is 25.1 Å². The molecule has 0 unspecified atom stereocenters. The number of hydrogen-bond acceptors (Lipinski definition) is 5. The van der Waals surface area contributed by atoms with Gasteiger partial charge in [0.25, 0.3) is 0 Å². The van der Waals surface area contributed by atoms with Gasteiger partial charge in [-0.25, -0.2) is 9.59 Å². The van der Waals surface area contributed by atoms with Gasteiger partial charge in [0, 0.05) is 12.2 Å². The number of carbonyl (C=O) groups is 2. The van der Waals surface area contributed by atoms with E-state index in [4.69, 9.17) is 14.2 Å². The van der Waals surface area contributed by atoms with Crippen LogP contribution in [0.2, 0.25) is 0 Å². The lowest BCUT2D eigenvalue weighted by atomic mass is 10.1. The number of urea groups is 1. The Hall–Kier alpha value is -2.53. The fourth-order valence-corrected chi connectivity index (χ4v) is 3.13. The average molecular weight is 403 g/mol. The molecule has 3 N–H and O–H groups in total. The highest BCUT2D eigenvalue weighted by Gasteiger charge is 2.50. The number of carbonyl (C=O) groups excluding carboxylic acids is 2. The summed E-state index contributed by atoms with van der Waals surface area (Å²) in [6.07, 6.45) is -7.22. The molecule has 0 spiro atoms. The van der Waals surface area contributed by atoms with Crippen LogP contribution >= 0.6 is 0 Å². The lowest BCUT2D eigenvalue weighted by molar-refractivity contribution is -0.137. The lowest BCUT2D eigenvalue weighted by Gasteiger charge is -2.18. The van der Waals surface area contributed by atoms with Gasteiger partial charge in [-0.1, -0.05) is 6.07 Å². The predicted molar refractivity (Wildman–Crippen MR) is 90.8 cm³/mol. The Morgan fingerprint density at radius 2 is 1.96 bits per heavy atom. The van der Waals surface area contributed by atoms with Crippen molar-refractivity contribution in [2.75, 3.05) is 25.1 Å². The van der Waals surface area contributed by atoms with E-state index in [2.05, 4.69) is 16.0 Å². The summed E-state index contributed by atoms with van der Waals surface area (Å²) in [6.45, 7) is 2.50. The number of anilines is 1. The highest BCUT2D eigenvalue weighted by atomic mass is 19.4. The van der Waals surface area contributed by atoms with Crippen LogP contribution in [0.25, 0.3) is 0 Å². The number of ether oxygens (including phenoxy) is 3. The Morgan fingerprint density at radius 1 is 1.21 bits per heavy atom. The van der Waals surface area contributed by atoms with Crippen molar-refractivity contribution >= 4 is 17.8 Å². The first-order chi connectivity index (χ1) is 13.3. The highest BCUT2D eigenvalue weighted by Crippen LogP contribution is 2.31. The van der Waals surface area contributed by atoms with Crippen molar-refractivity contribution < 1.29 is 37.0 Å². The summed E-state index contributed by atoms with van der Waals surface area (Å²) in [6, 6.07) is 3.48. The topological polar surface area (TPSA) is 97.9 Å². The van der Waals surface area contributed by atoms with E-state index >= 15 is 0 Å². The zero-order valence-corrected chi connectivity index (χ0v) is 14.9. The Bertz CT molecular complexity index is 730. The molecule has 2 fully saturated rings. The molecular weight excluding hydrogens is 383 g/mol. The molecule has 2 aliphatic rings. The van der Waals surface area contributed by atoms with E-state index < -0.39 is 42.2 Å². The van der Waals surface area contributed by atoms with Crippen molar-refractivity contribution in [3.63, 3.8) is 0 Å². The molecule has 3 amide bonds. The molecule has 4 atom stereocenters. The Balaban J connectivity index is 1.54. The smallest absolute Gasteiger partial charge is 0.416 e. The van der Waals surface area contributed by atoms with Gasteiger partial charge in [-0.15, -0.1) is 0 Å². The minimum atomic E-state index is -4.52. The Morgan fingerprint density at radius 3 is 2.68 bits per heavy atom. The standard InChI is InChI=1S/C17H20F3N3O5/c1-2-21-15(24)23-11-7-26-14-12(8-27-13(11)14)28-16(25)22-10-5-3-4-9(6-10)17(18,19)20/h3-6,11-14H,2,7-8H2,1H3,(H,22,25)(H2,21,23,24)/t11-,12+,13+,14+/m0/s1. The van der Waals surface area contributed by atoms with Crippen LogP contribution in [0.15, 0.2) is 24.3 Å². The molecule has 0 saturated carbocycles. The number of benzene rings is 1. The molecule has 0 radical (unpaired) electrons. The fourth-order valence-electron chi connectivity index (χ4n) is 3.13. The van der Waals surface area contributed by atoms with E-state index in [1.165, 1.54) is 12.1 Å². The van der Waals surface area contributed by atoms with Gasteiger partial charge in [0.1, 0.15) is 12.2 Å². The number of fused-ring (bicyclic) bond motifs is 1. The molecule has 0 aliphatic carbocycles. The van der Waals surface area contributed by atoms with Crippen LogP contribution in [0.5, 0.6) is 0 Å². The van der Waals surface area contributed by atoms with Crippen LogP contribution < -0.4 is 16.0 Å². The van der Waals surface area contributed by atoms with Gasteiger partial charge in [0.2, 0.25) is 0 Å². The molecule has 154 valence electrons. The summed E-state index contributed by atoms with van der Waals surface area (Å²) in [5.41, 5.74) is -0.925. The van der Waals surface area contributed by atoms with E-state index in [9.17, 15) is 22.8 Å². The summed E-state index contributed by atoms with van der Waals surface area (Å²) in [5.74, 6) is 0. The second-order valence-electron chi connectivity index (χ2n) is 6.35. The predicted octanol–water partition coefficient (Wildman–Crippen LogP) is 2.11. The second kappa shape index (κ2) is 8.23. The largest absolute Gasteiger partial charge is 0.441 e. The van der Waals surface area contributed by atoms with Crippen molar-refractivity contribution in [3.05, 3.63) is 29.8 Å². The summed E-state index contributed by atoms with van der Waals surface area (Å²) < 4.78 is 54.6. The molecule has 0 bridgehead atoms. The quantitative estimate of drug-likeness (QED) is 0.716. The van der Waals surface area contributed by atoms with Gasteiger partial charge in [0.15, 0.2) is 6.10 Å². The summed E-state index contributed by atoms with van der Waals surface area (Å²) in [7, 11) is 0. The van der Waals surface area contributed by atoms with E-state index in [0.29, 0.717) is 6.54 Å². The van der Waals surface area contributed by atoms with Gasteiger partial charge >= 0.3 is 18.3 Å². The molecule has 0 aromatic heterocycles. The normalized spacial score (nSPS) is 26.4. The molecule has 3 rings (SSSR count). The number of nitrogens with one attached hydrogen (secondary N) is 3. The van der Waals surface area contributed by atoms with Gasteiger partial charge < -0.3 is 24.8 Å². The maximum absolute atomic E-state index is 12.7. The van der Waals surface area contributed by atoms with Crippen LogP contribution in [0, 0.1) is 0 Å². The minimum absolute atomic E-state index is 0.0431. The molecule has 2 saturated heterocycles. The molecule has 1 aromatic carbocycles. The zero-order valence-electron chi connectivity index (χ0n) is 14.9. The van der Waals surface area contributed by atoms with E-state index in [1.54, 1.807) is 6.92 Å². The first-order valence-corrected chi connectivity index (χ1v) is 8.70. The molecule has 8 nitrogen and oxygen atoms in total. The minimum Gasteiger partial charge on any atom is -0.441 e. The molecule has 2 heterocycles. The van der Waals surface area contributed by atoms with Crippen molar-refractivity contribution in [1.29, 1.82) is 0 Å². The number of rotatable bonds is 4. The second-order valence-corrected chi connectivity index (χ2v) is 6.35. The first-order valence-electron chi connectivity index (χ1n) is 8.70. The summed E-state index contributed by atoms with van der Waals surface area (Å²) >= 11 is 0. The van der Waals surface area contributed by atoms with Crippen molar-refractivity contribution in [1.82, 2.24) is 10.6 Å². The highest BCUT2D eigenvalue weighted by molar-refractivity contribution is 5.84. The SMILES string of the molecule is CCNC(=O)N[C@H]1CO[C@H]2[C@@H]1OC[C@H]2OC(=O)Nc1cccc(C(F)(F)F)c1. The maximum Gasteiger partial charge on any atom is 0.416 e. The monoisotopic (exact) mass is 403 g/mol. The summed E-state index contributed by atoms with van der Waals surface area (Å²) in [5, 5.41) is 7.59. The maximum atomic E-state index is 12.7. The third-order valence-corrected chi connectivity index (χ3v) is 4.36. The van der Waals surface area contributed by atoms with Gasteiger partial charge in [-0.3, -0.25) is 5.32 Å². The van der Waals surface area contributed by atoms with Crippen LogP contribution in [0.3, 0.4) is 0 Å². The molecule has 1 aromatic rings. The number of halogens is 3. The van der Waals surface area contributed by atoms with Crippen molar-refractivity contribution in [3.8, 4) is 0 Å². The lowest BCUT2D eigenvalue weighted by Crippen LogP contribution is -2.48. The Kier molecular flexibility index (Phi) is 5.94. The first kappa shape index (κ1) is 20.2. The van der Waals surface area contributed by atoms with Crippen molar-refractivity contribution in [2.24, 2.45) is 0 Å². The molecule has 2 aliphatic heterocycles. The van der Waals surface area contributed by atoms with Crippen LogP contribution in [-0.2, 0) is 20.4 Å². The van der Waals surface area contributed by atoms with Gasteiger partial charge in [0.05, 0.1) is 24.8 Å². The van der Waals surface area contributed by atoms with E-state index in [-0.39, 0.29) is 24.9 Å². The third-order valence-electron chi connectivity index (χ3n) is 4.36. The average Bonchev–Trinajstić information content (AvgIpc) is 3.18. The van der Waals surface area contributed by atoms with Crippen molar-refractivity contribution in [2.45, 2.75) is 37.5 Å². The van der Waals surface area contributed by atoms with Gasteiger partial charge in [-0.2, -0.15) is 13.2 Å². The fraction of sp³-hybridized carbons (Fsp3) is 0.529. The number of hydrogen-bond donors (Lipinski definition) is 3.